The quantitative estimate of drug-likeness (QED) is 0.354. The molecule has 0 bridgehead atoms. The molecule has 7 nitrogen and oxygen atoms in total. The lowest BCUT2D eigenvalue weighted by molar-refractivity contribution is -0.160. The Kier molecular flexibility index (Phi) is 4.73. The first kappa shape index (κ1) is 14.2. The summed E-state index contributed by atoms with van der Waals surface area (Å²) in [4.78, 5) is 14.0. The first-order valence-corrected chi connectivity index (χ1v) is 6.74. The van der Waals surface area contributed by atoms with Gasteiger partial charge in [0.2, 0.25) is 5.72 Å². The van der Waals surface area contributed by atoms with Crippen LogP contribution in [-0.4, -0.2) is 61.8 Å². The van der Waals surface area contributed by atoms with Gasteiger partial charge in [-0.05, 0) is 19.4 Å². The fraction of sp³-hybridized carbons (Fsp3) is 0.833. The van der Waals surface area contributed by atoms with Crippen LogP contribution >= 0.6 is 0 Å². The average Bonchev–Trinajstić information content (AvgIpc) is 2.40. The normalized spacial score (nSPS) is 28.8. The lowest BCUT2D eigenvalue weighted by atomic mass is 10.00. The minimum absolute atomic E-state index is 0.123. The Morgan fingerprint density at radius 2 is 2.16 bits per heavy atom. The molecule has 0 amide bonds. The maximum atomic E-state index is 12.0. The van der Waals surface area contributed by atoms with Crippen molar-refractivity contribution in [1.82, 2.24) is 10.2 Å². The van der Waals surface area contributed by atoms with Crippen LogP contribution in [0.3, 0.4) is 0 Å². The number of carbonyl (C=O) groups excluding carboxylic acids is 1. The molecule has 2 aliphatic heterocycles. The second-order valence-corrected chi connectivity index (χ2v) is 4.99. The van der Waals surface area contributed by atoms with Gasteiger partial charge in [0, 0.05) is 19.5 Å². The Labute approximate surface area is 112 Å². The molecule has 0 aromatic rings. The van der Waals surface area contributed by atoms with Crippen LogP contribution in [0.5, 0.6) is 0 Å². The number of hydrogen-bond donors (Lipinski definition) is 3. The van der Waals surface area contributed by atoms with E-state index in [4.69, 9.17) is 20.6 Å². The van der Waals surface area contributed by atoms with Gasteiger partial charge in [0.05, 0.1) is 19.8 Å². The lowest BCUT2D eigenvalue weighted by Crippen LogP contribution is -2.60. The van der Waals surface area contributed by atoms with E-state index in [1.165, 1.54) is 0 Å². The lowest BCUT2D eigenvalue weighted by Gasteiger charge is -2.37. The van der Waals surface area contributed by atoms with Crippen molar-refractivity contribution >= 4 is 11.8 Å². The van der Waals surface area contributed by atoms with Gasteiger partial charge in [-0.25, -0.2) is 0 Å². The van der Waals surface area contributed by atoms with Gasteiger partial charge in [0.1, 0.15) is 0 Å². The van der Waals surface area contributed by atoms with Crippen molar-refractivity contribution in [2.24, 2.45) is 5.73 Å². The minimum atomic E-state index is -1.10. The zero-order chi connectivity index (χ0) is 13.7. The van der Waals surface area contributed by atoms with Gasteiger partial charge in [-0.15, -0.1) is 0 Å². The monoisotopic (exact) mass is 270 g/mol. The van der Waals surface area contributed by atoms with E-state index < -0.39 is 5.72 Å². The Hall–Kier alpha value is -1.18. The van der Waals surface area contributed by atoms with Crippen LogP contribution in [0.25, 0.3) is 0 Å². The number of amidine groups is 1. The summed E-state index contributed by atoms with van der Waals surface area (Å²) in [5, 5.41) is 10.7. The smallest absolute Gasteiger partial charge is 0.322 e. The highest BCUT2D eigenvalue weighted by Crippen LogP contribution is 2.21. The number of carbonyl (C=O) groups is 1. The van der Waals surface area contributed by atoms with Crippen LogP contribution in [0.1, 0.15) is 19.3 Å². The maximum Gasteiger partial charge on any atom is 0.322 e. The minimum Gasteiger partial charge on any atom is -0.435 e. The fourth-order valence-corrected chi connectivity index (χ4v) is 2.42. The average molecular weight is 270 g/mol. The molecule has 0 aromatic carbocycles. The van der Waals surface area contributed by atoms with E-state index in [9.17, 15) is 4.79 Å². The Bertz CT molecular complexity index is 336. The second kappa shape index (κ2) is 6.31. The topological polar surface area (TPSA) is 101 Å². The SMILES string of the molecule is N=C(N)C1(OC(=O)CN2CCOCC2)CCCCN1. The molecular weight excluding hydrogens is 248 g/mol. The van der Waals surface area contributed by atoms with Crippen LogP contribution in [0, 0.1) is 5.41 Å². The van der Waals surface area contributed by atoms with E-state index in [-0.39, 0.29) is 18.3 Å². The Morgan fingerprint density at radius 1 is 1.42 bits per heavy atom. The van der Waals surface area contributed by atoms with E-state index in [1.54, 1.807) is 0 Å². The molecule has 0 radical (unpaired) electrons. The highest BCUT2D eigenvalue weighted by molar-refractivity contribution is 5.88. The first-order chi connectivity index (χ1) is 9.12. The molecule has 0 aliphatic carbocycles. The third kappa shape index (κ3) is 3.65. The highest BCUT2D eigenvalue weighted by Gasteiger charge is 2.39. The summed E-state index contributed by atoms with van der Waals surface area (Å²) in [7, 11) is 0. The standard InChI is InChI=1S/C12H22N4O3/c13-11(14)12(3-1-2-4-15-12)19-10(17)9-16-5-7-18-8-6-16/h15H,1-9H2,(H3,13,14). The summed E-state index contributed by atoms with van der Waals surface area (Å²) < 4.78 is 10.7. The van der Waals surface area contributed by atoms with Crippen molar-refractivity contribution in [2.75, 3.05) is 39.4 Å². The summed E-state index contributed by atoms with van der Waals surface area (Å²) in [5.41, 5.74) is 4.50. The predicted molar refractivity (Wildman–Crippen MR) is 69.8 cm³/mol. The summed E-state index contributed by atoms with van der Waals surface area (Å²) in [6.45, 7) is 3.68. The third-order valence-electron chi connectivity index (χ3n) is 3.55. The molecule has 1 unspecified atom stereocenters. The summed E-state index contributed by atoms with van der Waals surface area (Å²) in [5.74, 6) is -0.464. The van der Waals surface area contributed by atoms with E-state index in [0.717, 1.165) is 25.9 Å². The van der Waals surface area contributed by atoms with Gasteiger partial charge in [0.15, 0.2) is 5.84 Å². The molecule has 2 fully saturated rings. The van der Waals surface area contributed by atoms with Gasteiger partial charge < -0.3 is 15.2 Å². The molecule has 0 spiro atoms. The van der Waals surface area contributed by atoms with Crippen molar-refractivity contribution in [3.8, 4) is 0 Å². The van der Waals surface area contributed by atoms with Crippen LogP contribution in [0.15, 0.2) is 0 Å². The van der Waals surface area contributed by atoms with Crippen molar-refractivity contribution in [2.45, 2.75) is 25.0 Å². The van der Waals surface area contributed by atoms with Crippen LogP contribution in [0.2, 0.25) is 0 Å². The molecule has 4 N–H and O–H groups in total. The number of nitrogens with one attached hydrogen (secondary N) is 2. The first-order valence-electron chi connectivity index (χ1n) is 6.74. The molecule has 0 aromatic heterocycles. The van der Waals surface area contributed by atoms with Crippen LogP contribution in [0.4, 0.5) is 0 Å². The molecule has 2 aliphatic rings. The number of esters is 1. The summed E-state index contributed by atoms with van der Waals surface area (Å²) in [6.07, 6.45) is 2.48. The third-order valence-corrected chi connectivity index (χ3v) is 3.55. The molecule has 1 atom stereocenters. The molecule has 7 heteroatoms. The van der Waals surface area contributed by atoms with Gasteiger partial charge in [-0.3, -0.25) is 20.4 Å². The van der Waals surface area contributed by atoms with Gasteiger partial charge in [-0.1, -0.05) is 0 Å². The highest BCUT2D eigenvalue weighted by atomic mass is 16.6. The molecule has 0 saturated carbocycles. The van der Waals surface area contributed by atoms with E-state index in [2.05, 4.69) is 5.32 Å². The largest absolute Gasteiger partial charge is 0.435 e. The summed E-state index contributed by atoms with van der Waals surface area (Å²) in [6, 6.07) is 0. The van der Waals surface area contributed by atoms with Gasteiger partial charge in [-0.2, -0.15) is 0 Å². The molecule has 2 saturated heterocycles. The van der Waals surface area contributed by atoms with Crippen molar-refractivity contribution in [1.29, 1.82) is 5.41 Å². The van der Waals surface area contributed by atoms with Crippen molar-refractivity contribution in [3.05, 3.63) is 0 Å². The van der Waals surface area contributed by atoms with Crippen LogP contribution in [-0.2, 0) is 14.3 Å². The number of hydrogen-bond acceptors (Lipinski definition) is 6. The molecule has 108 valence electrons. The zero-order valence-corrected chi connectivity index (χ0v) is 11.1. The van der Waals surface area contributed by atoms with Crippen molar-refractivity contribution in [3.63, 3.8) is 0 Å². The Morgan fingerprint density at radius 3 is 2.74 bits per heavy atom. The fourth-order valence-electron chi connectivity index (χ4n) is 2.42. The molecule has 2 rings (SSSR count). The number of ether oxygens (including phenoxy) is 2. The molecule has 2 heterocycles. The van der Waals surface area contributed by atoms with Gasteiger partial charge in [0.25, 0.3) is 0 Å². The van der Waals surface area contributed by atoms with Gasteiger partial charge >= 0.3 is 5.97 Å². The number of morpholine rings is 1. The second-order valence-electron chi connectivity index (χ2n) is 4.99. The predicted octanol–water partition coefficient (Wildman–Crippen LogP) is -0.732. The zero-order valence-electron chi connectivity index (χ0n) is 11.1. The van der Waals surface area contributed by atoms with Crippen LogP contribution < -0.4 is 11.1 Å². The summed E-state index contributed by atoms with van der Waals surface area (Å²) >= 11 is 0. The van der Waals surface area contributed by atoms with E-state index >= 15 is 0 Å². The maximum absolute atomic E-state index is 12.0. The van der Waals surface area contributed by atoms with Crippen molar-refractivity contribution < 1.29 is 14.3 Å². The Balaban J connectivity index is 1.89. The number of piperidine rings is 1. The molecular formula is C12H22N4O3. The van der Waals surface area contributed by atoms with E-state index in [1.807, 2.05) is 4.90 Å². The molecule has 19 heavy (non-hydrogen) atoms. The number of rotatable bonds is 4. The number of nitrogens with zero attached hydrogens (tertiary/aromatic N) is 1. The number of nitrogens with two attached hydrogens (primary N) is 1. The van der Waals surface area contributed by atoms with E-state index in [0.29, 0.717) is 26.2 Å².